The third-order valence-electron chi connectivity index (χ3n) is 3.56. The molecule has 0 aromatic rings. The molecule has 5 nitrogen and oxygen atoms in total. The largest absolute Gasteiger partial charge is 0.383 e. The van der Waals surface area contributed by atoms with Crippen LogP contribution in [-0.2, 0) is 14.3 Å². The predicted molar refractivity (Wildman–Crippen MR) is 70.3 cm³/mol. The molecule has 0 aliphatic heterocycles. The molecule has 2 atom stereocenters. The van der Waals surface area contributed by atoms with Crippen LogP contribution in [0.25, 0.3) is 0 Å². The van der Waals surface area contributed by atoms with Gasteiger partial charge >= 0.3 is 0 Å². The Kier molecular flexibility index (Phi) is 6.60. The first-order chi connectivity index (χ1) is 8.62. The molecule has 0 heterocycles. The van der Waals surface area contributed by atoms with Crippen LogP contribution in [-0.4, -0.2) is 44.9 Å². The molecule has 18 heavy (non-hydrogen) atoms. The van der Waals surface area contributed by atoms with Crippen LogP contribution in [0.1, 0.15) is 32.6 Å². The minimum atomic E-state index is -0.295. The van der Waals surface area contributed by atoms with Gasteiger partial charge < -0.3 is 20.5 Å². The number of rotatable bonds is 7. The van der Waals surface area contributed by atoms with E-state index in [2.05, 4.69) is 12.2 Å². The molecule has 2 unspecified atom stereocenters. The van der Waals surface area contributed by atoms with E-state index in [-0.39, 0.29) is 18.1 Å². The summed E-state index contributed by atoms with van der Waals surface area (Å²) in [5.41, 5.74) is 5.54. The Morgan fingerprint density at radius 3 is 2.94 bits per heavy atom. The van der Waals surface area contributed by atoms with Crippen molar-refractivity contribution in [3.8, 4) is 0 Å². The summed E-state index contributed by atoms with van der Waals surface area (Å²) in [5, 5.41) is 2.75. The van der Waals surface area contributed by atoms with Crippen LogP contribution in [0.4, 0.5) is 0 Å². The Hall–Kier alpha value is -0.650. The van der Waals surface area contributed by atoms with E-state index in [9.17, 15) is 4.79 Å². The van der Waals surface area contributed by atoms with E-state index in [1.165, 1.54) is 6.42 Å². The second kappa shape index (κ2) is 7.71. The van der Waals surface area contributed by atoms with Crippen molar-refractivity contribution < 1.29 is 14.3 Å². The van der Waals surface area contributed by atoms with Crippen LogP contribution in [0.2, 0.25) is 0 Å². The average Bonchev–Trinajstić information content (AvgIpc) is 2.37. The predicted octanol–water partition coefficient (Wildman–Crippen LogP) is 0.673. The number of carbonyl (C=O) groups excluding carboxylic acids is 1. The highest BCUT2D eigenvalue weighted by molar-refractivity contribution is 5.77. The van der Waals surface area contributed by atoms with Crippen molar-refractivity contribution >= 4 is 5.91 Å². The van der Waals surface area contributed by atoms with Gasteiger partial charge in [-0.25, -0.2) is 0 Å². The summed E-state index contributed by atoms with van der Waals surface area (Å²) >= 11 is 0. The highest BCUT2D eigenvalue weighted by Crippen LogP contribution is 2.34. The van der Waals surface area contributed by atoms with Gasteiger partial charge in [0.2, 0.25) is 5.91 Å². The third kappa shape index (κ3) is 4.92. The molecule has 1 aliphatic rings. The van der Waals surface area contributed by atoms with E-state index >= 15 is 0 Å². The number of hydrogen-bond acceptors (Lipinski definition) is 4. The van der Waals surface area contributed by atoms with Crippen molar-refractivity contribution in [1.29, 1.82) is 0 Å². The molecule has 0 radical (unpaired) electrons. The zero-order chi connectivity index (χ0) is 13.4. The molecule has 1 fully saturated rings. The molecule has 0 bridgehead atoms. The zero-order valence-electron chi connectivity index (χ0n) is 11.5. The number of nitrogens with one attached hydrogen (secondary N) is 1. The molecular weight excluding hydrogens is 232 g/mol. The van der Waals surface area contributed by atoms with E-state index in [4.69, 9.17) is 15.2 Å². The van der Waals surface area contributed by atoms with Crippen molar-refractivity contribution in [2.45, 2.75) is 38.2 Å². The lowest BCUT2D eigenvalue weighted by molar-refractivity contribution is -0.136. The molecule has 5 heteroatoms. The van der Waals surface area contributed by atoms with Crippen LogP contribution in [0, 0.1) is 5.92 Å². The van der Waals surface area contributed by atoms with Crippen LogP contribution in [0.15, 0.2) is 0 Å². The minimum absolute atomic E-state index is 0.0909. The summed E-state index contributed by atoms with van der Waals surface area (Å²) in [5.74, 6) is 0.525. The Morgan fingerprint density at radius 2 is 2.33 bits per heavy atom. The fraction of sp³-hybridized carbons (Fsp3) is 0.923. The molecule has 0 aromatic carbocycles. The van der Waals surface area contributed by atoms with Crippen molar-refractivity contribution in [3.05, 3.63) is 0 Å². The number of hydrogen-bond donors (Lipinski definition) is 2. The Bertz CT molecular complexity index is 261. The molecule has 0 spiro atoms. The quantitative estimate of drug-likeness (QED) is 0.658. The monoisotopic (exact) mass is 258 g/mol. The van der Waals surface area contributed by atoms with E-state index in [0.29, 0.717) is 25.6 Å². The molecule has 1 rings (SSSR count). The Balaban J connectivity index is 2.32. The number of methoxy groups -OCH3 is 1. The SMILES string of the molecule is COCCNC(=O)COC1(CN)CCCC(C)C1. The number of carbonyl (C=O) groups is 1. The maximum atomic E-state index is 11.6. The maximum absolute atomic E-state index is 11.6. The van der Waals surface area contributed by atoms with Gasteiger partial charge in [-0.2, -0.15) is 0 Å². The van der Waals surface area contributed by atoms with Crippen LogP contribution < -0.4 is 11.1 Å². The Labute approximate surface area is 109 Å². The lowest BCUT2D eigenvalue weighted by atomic mass is 9.79. The standard InChI is InChI=1S/C13H26N2O3/c1-11-4-3-5-13(8-11,10-14)18-9-12(16)15-6-7-17-2/h11H,3-10,14H2,1-2H3,(H,15,16). The first-order valence-corrected chi connectivity index (χ1v) is 6.71. The highest BCUT2D eigenvalue weighted by Gasteiger charge is 2.35. The van der Waals surface area contributed by atoms with Crippen LogP contribution >= 0.6 is 0 Å². The lowest BCUT2D eigenvalue weighted by Crippen LogP contribution is -2.46. The molecule has 1 saturated carbocycles. The highest BCUT2D eigenvalue weighted by atomic mass is 16.5. The van der Waals surface area contributed by atoms with Crippen molar-refractivity contribution in [1.82, 2.24) is 5.32 Å². The van der Waals surface area contributed by atoms with Gasteiger partial charge in [-0.1, -0.05) is 19.8 Å². The second-order valence-electron chi connectivity index (χ2n) is 5.22. The van der Waals surface area contributed by atoms with Crippen LogP contribution in [0.5, 0.6) is 0 Å². The second-order valence-corrected chi connectivity index (χ2v) is 5.22. The molecule has 106 valence electrons. The smallest absolute Gasteiger partial charge is 0.246 e. The first-order valence-electron chi connectivity index (χ1n) is 6.71. The van der Waals surface area contributed by atoms with Crippen molar-refractivity contribution in [3.63, 3.8) is 0 Å². The van der Waals surface area contributed by atoms with Gasteiger partial charge in [0.1, 0.15) is 6.61 Å². The van der Waals surface area contributed by atoms with Gasteiger partial charge in [-0.3, -0.25) is 4.79 Å². The molecule has 1 aliphatic carbocycles. The van der Waals surface area contributed by atoms with E-state index in [1.54, 1.807) is 7.11 Å². The summed E-state index contributed by atoms with van der Waals surface area (Å²) in [6, 6.07) is 0. The summed E-state index contributed by atoms with van der Waals surface area (Å²) in [4.78, 5) is 11.6. The topological polar surface area (TPSA) is 73.6 Å². The van der Waals surface area contributed by atoms with Gasteiger partial charge in [-0.05, 0) is 18.8 Å². The zero-order valence-corrected chi connectivity index (χ0v) is 11.5. The van der Waals surface area contributed by atoms with E-state index in [0.717, 1.165) is 19.3 Å². The maximum Gasteiger partial charge on any atom is 0.246 e. The van der Waals surface area contributed by atoms with Crippen molar-refractivity contribution in [2.24, 2.45) is 11.7 Å². The fourth-order valence-electron chi connectivity index (χ4n) is 2.55. The average molecular weight is 258 g/mol. The van der Waals surface area contributed by atoms with Crippen LogP contribution in [0.3, 0.4) is 0 Å². The molecule has 0 saturated heterocycles. The van der Waals surface area contributed by atoms with Gasteiger partial charge in [-0.15, -0.1) is 0 Å². The molecule has 0 aromatic heterocycles. The summed E-state index contributed by atoms with van der Waals surface area (Å²) in [6.07, 6.45) is 4.27. The number of ether oxygens (including phenoxy) is 2. The third-order valence-corrected chi connectivity index (χ3v) is 3.56. The first kappa shape index (κ1) is 15.4. The normalized spacial score (nSPS) is 28.1. The van der Waals surface area contributed by atoms with Crippen molar-refractivity contribution in [2.75, 3.05) is 33.4 Å². The summed E-state index contributed by atoms with van der Waals surface area (Å²) in [7, 11) is 1.61. The van der Waals surface area contributed by atoms with E-state index < -0.39 is 0 Å². The summed E-state index contributed by atoms with van der Waals surface area (Å²) in [6.45, 7) is 3.83. The van der Waals surface area contributed by atoms with E-state index in [1.807, 2.05) is 0 Å². The molecule has 3 N–H and O–H groups in total. The lowest BCUT2D eigenvalue weighted by Gasteiger charge is -2.38. The molecular formula is C13H26N2O3. The van der Waals surface area contributed by atoms with Gasteiger partial charge in [0.15, 0.2) is 0 Å². The Morgan fingerprint density at radius 1 is 1.56 bits per heavy atom. The van der Waals surface area contributed by atoms with Gasteiger partial charge in [0.05, 0.1) is 12.2 Å². The van der Waals surface area contributed by atoms with Gasteiger partial charge in [0.25, 0.3) is 0 Å². The fourth-order valence-corrected chi connectivity index (χ4v) is 2.55. The minimum Gasteiger partial charge on any atom is -0.383 e. The number of nitrogens with two attached hydrogens (primary N) is 1. The number of amides is 1. The molecule has 1 amide bonds. The van der Waals surface area contributed by atoms with Gasteiger partial charge in [0, 0.05) is 20.2 Å². The summed E-state index contributed by atoms with van der Waals surface area (Å²) < 4.78 is 10.7.